The maximum atomic E-state index is 13.3. The van der Waals surface area contributed by atoms with E-state index in [2.05, 4.69) is 37.2 Å². The van der Waals surface area contributed by atoms with Gasteiger partial charge in [-0.15, -0.1) is 0 Å². The monoisotopic (exact) mass is 402 g/mol. The van der Waals surface area contributed by atoms with Crippen molar-refractivity contribution in [2.24, 2.45) is 0 Å². The number of benzene rings is 1. The van der Waals surface area contributed by atoms with Gasteiger partial charge in [-0.05, 0) is 37.9 Å². The zero-order chi connectivity index (χ0) is 14.6. The Bertz CT molecular complexity index is 679. The first-order chi connectivity index (χ1) is 8.96. The van der Waals surface area contributed by atoms with E-state index in [1.54, 1.807) is 18.2 Å². The van der Waals surface area contributed by atoms with Crippen LogP contribution in [0.25, 0.3) is 0 Å². The van der Waals surface area contributed by atoms with E-state index in [-0.39, 0.29) is 30.9 Å². The van der Waals surface area contributed by atoms with Crippen molar-refractivity contribution in [2.45, 2.75) is 0 Å². The molecule has 0 aromatic heterocycles. The normalized spacial score (nSPS) is 8.89. The highest BCUT2D eigenvalue weighted by Gasteiger charge is 2.16. The van der Waals surface area contributed by atoms with Crippen LogP contribution < -0.4 is 5.32 Å². The average Bonchev–Trinajstić information content (AvgIpc) is 2.40. The summed E-state index contributed by atoms with van der Waals surface area (Å²) in [5.74, 6) is -0.658. The Labute approximate surface area is 129 Å². The molecular formula is C11H2Br2ClFN4. The predicted molar refractivity (Wildman–Crippen MR) is 74.3 cm³/mol. The van der Waals surface area contributed by atoms with Gasteiger partial charge in [-0.3, -0.25) is 0 Å². The fraction of sp³-hybridized carbons (Fsp3) is 0. The summed E-state index contributed by atoms with van der Waals surface area (Å²) < 4.78 is 13.8. The van der Waals surface area contributed by atoms with E-state index in [9.17, 15) is 4.39 Å². The van der Waals surface area contributed by atoms with E-state index in [1.165, 1.54) is 0 Å². The number of hydrogen-bond donors (Lipinski definition) is 1. The van der Waals surface area contributed by atoms with Crippen molar-refractivity contribution in [3.8, 4) is 18.2 Å². The highest BCUT2D eigenvalue weighted by atomic mass is 79.9. The molecule has 0 radical (unpaired) electrons. The second-order valence-corrected chi connectivity index (χ2v) is 5.08. The summed E-state index contributed by atoms with van der Waals surface area (Å²) in [6, 6.07) is 5.95. The van der Waals surface area contributed by atoms with Gasteiger partial charge in [-0.25, -0.2) is 4.39 Å². The molecule has 0 atom stereocenters. The van der Waals surface area contributed by atoms with Gasteiger partial charge >= 0.3 is 0 Å². The fourth-order valence-corrected chi connectivity index (χ4v) is 2.50. The highest BCUT2D eigenvalue weighted by molar-refractivity contribution is 9.11. The van der Waals surface area contributed by atoms with Gasteiger partial charge in [0.05, 0.1) is 15.2 Å². The first-order valence-electron chi connectivity index (χ1n) is 4.50. The standard InChI is InChI=1S/C11H2Br2ClFN4/c12-6-1-7(15)10(14)9(13)11(6)19-8(4-18)5(2-16)3-17/h1,19H. The summed E-state index contributed by atoms with van der Waals surface area (Å²) in [6.07, 6.45) is 0. The van der Waals surface area contributed by atoms with Crippen molar-refractivity contribution in [2.75, 3.05) is 5.32 Å². The van der Waals surface area contributed by atoms with Gasteiger partial charge in [0, 0.05) is 4.47 Å². The minimum atomic E-state index is -0.658. The topological polar surface area (TPSA) is 83.4 Å². The smallest absolute Gasteiger partial charge is 0.163 e. The van der Waals surface area contributed by atoms with Gasteiger partial charge < -0.3 is 5.32 Å². The van der Waals surface area contributed by atoms with Crippen LogP contribution in [0, 0.1) is 39.8 Å². The third kappa shape index (κ3) is 3.24. The molecule has 19 heavy (non-hydrogen) atoms. The number of nitrogens with one attached hydrogen (secondary N) is 1. The number of rotatable bonds is 2. The molecule has 0 amide bonds. The average molecular weight is 404 g/mol. The number of allylic oxidation sites excluding steroid dienone is 2. The summed E-state index contributed by atoms with van der Waals surface area (Å²) in [4.78, 5) is 0. The van der Waals surface area contributed by atoms with Gasteiger partial charge in [0.25, 0.3) is 0 Å². The fourth-order valence-electron chi connectivity index (χ4n) is 1.09. The van der Waals surface area contributed by atoms with Crippen molar-refractivity contribution < 1.29 is 4.39 Å². The van der Waals surface area contributed by atoms with Crippen LogP contribution in [0.5, 0.6) is 0 Å². The lowest BCUT2D eigenvalue weighted by Crippen LogP contribution is -2.03. The second kappa shape index (κ2) is 6.54. The number of nitrogens with zero attached hydrogens (tertiary/aromatic N) is 3. The van der Waals surface area contributed by atoms with Gasteiger partial charge in [0.2, 0.25) is 0 Å². The van der Waals surface area contributed by atoms with E-state index in [0.717, 1.165) is 6.07 Å². The quantitative estimate of drug-likeness (QED) is 0.454. The van der Waals surface area contributed by atoms with E-state index in [1.807, 2.05) is 0 Å². The molecular weight excluding hydrogens is 402 g/mol. The molecule has 94 valence electrons. The van der Waals surface area contributed by atoms with Crippen molar-refractivity contribution >= 4 is 49.1 Å². The number of nitriles is 3. The van der Waals surface area contributed by atoms with Crippen molar-refractivity contribution in [1.82, 2.24) is 0 Å². The first-order valence-corrected chi connectivity index (χ1v) is 6.47. The Balaban J connectivity index is 3.41. The Hall–Kier alpha value is -1.59. The lowest BCUT2D eigenvalue weighted by molar-refractivity contribution is 0.626. The van der Waals surface area contributed by atoms with E-state index in [0.29, 0.717) is 0 Å². The van der Waals surface area contributed by atoms with E-state index < -0.39 is 5.82 Å². The molecule has 1 aromatic carbocycles. The van der Waals surface area contributed by atoms with E-state index in [4.69, 9.17) is 27.4 Å². The van der Waals surface area contributed by atoms with Crippen LogP contribution in [0.2, 0.25) is 5.02 Å². The minimum Gasteiger partial charge on any atom is -0.343 e. The Kier molecular flexibility index (Phi) is 5.32. The van der Waals surface area contributed by atoms with Crippen LogP contribution in [-0.2, 0) is 0 Å². The van der Waals surface area contributed by atoms with Crippen LogP contribution in [0.4, 0.5) is 10.1 Å². The molecule has 0 aliphatic heterocycles. The molecule has 0 heterocycles. The van der Waals surface area contributed by atoms with Crippen molar-refractivity contribution in [1.29, 1.82) is 15.8 Å². The molecule has 1 N–H and O–H groups in total. The highest BCUT2D eigenvalue weighted by Crippen LogP contribution is 2.39. The van der Waals surface area contributed by atoms with Crippen molar-refractivity contribution in [3.05, 3.63) is 37.1 Å². The molecule has 0 aliphatic carbocycles. The first kappa shape index (κ1) is 15.5. The lowest BCUT2D eigenvalue weighted by Gasteiger charge is -2.11. The SMILES string of the molecule is N#CC(C#N)=C(C#N)Nc1c(Br)cc(F)c(Cl)c1Br. The molecule has 0 fully saturated rings. The molecule has 0 unspecified atom stereocenters. The zero-order valence-corrected chi connectivity index (χ0v) is 12.9. The summed E-state index contributed by atoms with van der Waals surface area (Å²) >= 11 is 11.9. The van der Waals surface area contributed by atoms with Gasteiger partial charge in [-0.2, -0.15) is 15.8 Å². The summed E-state index contributed by atoms with van der Waals surface area (Å²) in [6.45, 7) is 0. The molecule has 0 aliphatic rings. The second-order valence-electron chi connectivity index (χ2n) is 3.05. The molecule has 1 rings (SSSR count). The summed E-state index contributed by atoms with van der Waals surface area (Å²) in [5.41, 5.74) is -0.401. The lowest BCUT2D eigenvalue weighted by atomic mass is 10.2. The Morgan fingerprint density at radius 3 is 2.26 bits per heavy atom. The Morgan fingerprint density at radius 2 is 1.79 bits per heavy atom. The molecule has 0 bridgehead atoms. The van der Waals surface area contributed by atoms with Crippen LogP contribution >= 0.6 is 43.5 Å². The van der Waals surface area contributed by atoms with Crippen LogP contribution in [0.1, 0.15) is 0 Å². The Morgan fingerprint density at radius 1 is 1.21 bits per heavy atom. The molecule has 0 saturated carbocycles. The number of anilines is 1. The maximum Gasteiger partial charge on any atom is 0.163 e. The van der Waals surface area contributed by atoms with Gasteiger partial charge in [0.1, 0.15) is 29.7 Å². The minimum absolute atomic E-state index is 0.170. The third-order valence-electron chi connectivity index (χ3n) is 1.95. The van der Waals surface area contributed by atoms with Gasteiger partial charge in [0.15, 0.2) is 5.57 Å². The van der Waals surface area contributed by atoms with Crippen LogP contribution in [-0.4, -0.2) is 0 Å². The predicted octanol–water partition coefficient (Wildman–Crippen LogP) is 4.24. The number of halogens is 4. The maximum absolute atomic E-state index is 13.3. The number of hydrogen-bond acceptors (Lipinski definition) is 4. The van der Waals surface area contributed by atoms with Crippen molar-refractivity contribution in [3.63, 3.8) is 0 Å². The zero-order valence-electron chi connectivity index (χ0n) is 8.93. The molecule has 4 nitrogen and oxygen atoms in total. The largest absolute Gasteiger partial charge is 0.343 e. The third-order valence-corrected chi connectivity index (χ3v) is 3.97. The molecule has 1 aromatic rings. The molecule has 8 heteroatoms. The summed E-state index contributed by atoms with van der Waals surface area (Å²) in [7, 11) is 0. The molecule has 0 spiro atoms. The summed E-state index contributed by atoms with van der Waals surface area (Å²) in [5, 5.41) is 28.7. The van der Waals surface area contributed by atoms with Gasteiger partial charge in [-0.1, -0.05) is 11.6 Å². The molecule has 0 saturated heterocycles. The van der Waals surface area contributed by atoms with Crippen LogP contribution in [0.15, 0.2) is 26.3 Å². The van der Waals surface area contributed by atoms with Crippen LogP contribution in [0.3, 0.4) is 0 Å². The van der Waals surface area contributed by atoms with E-state index >= 15 is 0 Å².